The number of hydrogen-bond donors (Lipinski definition) is 1. The molecule has 0 aliphatic carbocycles. The summed E-state index contributed by atoms with van der Waals surface area (Å²) in [6, 6.07) is 2.55. The maximum Gasteiger partial charge on any atom is 1.00 e. The number of phenolic OH excluding ortho intramolecular Hbond substituents is 1. The molecule has 0 bridgehead atoms. The van der Waals surface area contributed by atoms with E-state index in [2.05, 4.69) is 0 Å². The topological polar surface area (TPSA) is 77.4 Å². The minimum Gasteiger partial charge on any atom is -0.744 e. The van der Waals surface area contributed by atoms with Gasteiger partial charge in [-0.15, -0.1) is 0 Å². The summed E-state index contributed by atoms with van der Waals surface area (Å²) in [5, 5.41) is 9.56. The first-order valence-corrected chi connectivity index (χ1v) is 5.93. The number of hydrogen-bond acceptors (Lipinski definition) is 4. The first-order valence-electron chi connectivity index (χ1n) is 4.53. The van der Waals surface area contributed by atoms with E-state index in [9.17, 15) is 18.1 Å². The fourth-order valence-corrected chi connectivity index (χ4v) is 2.14. The van der Waals surface area contributed by atoms with Gasteiger partial charge in [-0.3, -0.25) is 0 Å². The molecular formula is C10H13NaO4S. The van der Waals surface area contributed by atoms with Crippen LogP contribution in [0.1, 0.15) is 30.9 Å². The van der Waals surface area contributed by atoms with E-state index in [1.54, 1.807) is 0 Å². The van der Waals surface area contributed by atoms with Crippen LogP contribution < -0.4 is 29.6 Å². The average molecular weight is 252 g/mol. The molecule has 0 aromatic heterocycles. The Balaban J connectivity index is 0.00000225. The van der Waals surface area contributed by atoms with Crippen molar-refractivity contribution < 1.29 is 47.6 Å². The molecule has 1 aromatic rings. The van der Waals surface area contributed by atoms with E-state index in [4.69, 9.17) is 0 Å². The predicted molar refractivity (Wildman–Crippen MR) is 54.9 cm³/mol. The number of benzene rings is 1. The van der Waals surface area contributed by atoms with Crippen LogP contribution in [0.4, 0.5) is 0 Å². The Labute approximate surface area is 118 Å². The predicted octanol–water partition coefficient (Wildman–Crippen LogP) is -1.27. The van der Waals surface area contributed by atoms with Gasteiger partial charge in [0.25, 0.3) is 0 Å². The molecule has 0 amide bonds. The Morgan fingerprint density at radius 1 is 1.31 bits per heavy atom. The molecule has 0 unspecified atom stereocenters. The van der Waals surface area contributed by atoms with Crippen molar-refractivity contribution in [3.63, 3.8) is 0 Å². The molecule has 1 aromatic carbocycles. The van der Waals surface area contributed by atoms with Crippen LogP contribution >= 0.6 is 0 Å². The van der Waals surface area contributed by atoms with Crippen LogP contribution in [0.3, 0.4) is 0 Å². The molecule has 0 saturated carbocycles. The summed E-state index contributed by atoms with van der Waals surface area (Å²) < 4.78 is 32.7. The second-order valence-corrected chi connectivity index (χ2v) is 5.13. The number of aromatic hydroxyl groups is 1. The van der Waals surface area contributed by atoms with Crippen LogP contribution in [-0.4, -0.2) is 18.1 Å². The zero-order valence-electron chi connectivity index (χ0n) is 9.81. The van der Waals surface area contributed by atoms with Gasteiger partial charge in [0, 0.05) is 0 Å². The Kier molecular flexibility index (Phi) is 5.49. The van der Waals surface area contributed by atoms with Crippen molar-refractivity contribution >= 4 is 10.1 Å². The molecule has 0 aliphatic rings. The third kappa shape index (κ3) is 3.46. The monoisotopic (exact) mass is 252 g/mol. The van der Waals surface area contributed by atoms with Crippen LogP contribution in [-0.2, 0) is 10.1 Å². The summed E-state index contributed by atoms with van der Waals surface area (Å²) in [5.74, 6) is -0.0130. The third-order valence-corrected chi connectivity index (χ3v) is 3.19. The standard InChI is InChI=1S/C10H14O4S.Na/c1-6(2)8-5-10(15(12,13)14)7(3)4-9(8)11;/h4-6,11H,1-3H3,(H,12,13,14);/q;+1/p-1. The van der Waals surface area contributed by atoms with Gasteiger partial charge in [-0.05, 0) is 36.1 Å². The fraction of sp³-hybridized carbons (Fsp3) is 0.400. The molecular weight excluding hydrogens is 239 g/mol. The van der Waals surface area contributed by atoms with Gasteiger partial charge in [0.05, 0.1) is 4.90 Å². The smallest absolute Gasteiger partial charge is 0.744 e. The second-order valence-electron chi connectivity index (χ2n) is 3.79. The van der Waals surface area contributed by atoms with Crippen LogP contribution in [0.2, 0.25) is 0 Å². The molecule has 84 valence electrons. The van der Waals surface area contributed by atoms with Crippen molar-refractivity contribution in [2.75, 3.05) is 0 Å². The Bertz CT molecular complexity index is 480. The van der Waals surface area contributed by atoms with Gasteiger partial charge in [0.15, 0.2) is 0 Å². The van der Waals surface area contributed by atoms with Gasteiger partial charge >= 0.3 is 29.6 Å². The molecule has 0 aliphatic heterocycles. The Hall–Kier alpha value is -0.0700. The molecule has 1 N–H and O–H groups in total. The molecule has 0 spiro atoms. The fourth-order valence-electron chi connectivity index (χ4n) is 1.42. The normalized spacial score (nSPS) is 11.3. The van der Waals surface area contributed by atoms with Crippen LogP contribution in [0, 0.1) is 6.92 Å². The van der Waals surface area contributed by atoms with Crippen molar-refractivity contribution in [2.45, 2.75) is 31.6 Å². The number of aryl methyl sites for hydroxylation is 1. The van der Waals surface area contributed by atoms with E-state index in [0.717, 1.165) is 0 Å². The number of phenols is 1. The van der Waals surface area contributed by atoms with Crippen molar-refractivity contribution in [1.29, 1.82) is 0 Å². The van der Waals surface area contributed by atoms with Crippen molar-refractivity contribution in [3.05, 3.63) is 23.3 Å². The zero-order chi connectivity index (χ0) is 11.8. The van der Waals surface area contributed by atoms with E-state index in [0.29, 0.717) is 5.56 Å². The molecule has 6 heteroatoms. The average Bonchev–Trinajstić information content (AvgIpc) is 2.00. The molecule has 0 saturated heterocycles. The SMILES string of the molecule is Cc1cc(O)c(C(C)C)cc1S(=O)(=O)[O-].[Na+]. The summed E-state index contributed by atoms with van der Waals surface area (Å²) in [6.45, 7) is 5.10. The van der Waals surface area contributed by atoms with Gasteiger partial charge in [0.2, 0.25) is 0 Å². The summed E-state index contributed by atoms with van der Waals surface area (Å²) in [7, 11) is -4.47. The van der Waals surface area contributed by atoms with Crippen LogP contribution in [0.5, 0.6) is 5.75 Å². The van der Waals surface area contributed by atoms with E-state index in [-0.39, 0.29) is 51.7 Å². The molecule has 0 heterocycles. The van der Waals surface area contributed by atoms with Gasteiger partial charge in [0.1, 0.15) is 15.9 Å². The largest absolute Gasteiger partial charge is 1.00 e. The molecule has 4 nitrogen and oxygen atoms in total. The minimum atomic E-state index is -4.47. The first kappa shape index (κ1) is 15.9. The van der Waals surface area contributed by atoms with Crippen LogP contribution in [0.15, 0.2) is 17.0 Å². The van der Waals surface area contributed by atoms with Crippen molar-refractivity contribution in [2.24, 2.45) is 0 Å². The van der Waals surface area contributed by atoms with Gasteiger partial charge in [-0.25, -0.2) is 8.42 Å². The van der Waals surface area contributed by atoms with E-state index in [1.165, 1.54) is 19.1 Å². The zero-order valence-corrected chi connectivity index (χ0v) is 12.6. The Morgan fingerprint density at radius 3 is 2.19 bits per heavy atom. The van der Waals surface area contributed by atoms with E-state index in [1.807, 2.05) is 13.8 Å². The summed E-state index contributed by atoms with van der Waals surface area (Å²) >= 11 is 0. The van der Waals surface area contributed by atoms with Gasteiger partial charge in [-0.1, -0.05) is 13.8 Å². The summed E-state index contributed by atoms with van der Waals surface area (Å²) in [4.78, 5) is -0.260. The molecule has 0 atom stereocenters. The maximum absolute atomic E-state index is 10.9. The van der Waals surface area contributed by atoms with Crippen LogP contribution in [0.25, 0.3) is 0 Å². The third-order valence-electron chi connectivity index (χ3n) is 2.22. The number of rotatable bonds is 2. The van der Waals surface area contributed by atoms with E-state index < -0.39 is 10.1 Å². The van der Waals surface area contributed by atoms with E-state index >= 15 is 0 Å². The first-order chi connectivity index (χ1) is 6.73. The summed E-state index contributed by atoms with van der Waals surface area (Å²) in [5.41, 5.74) is 0.738. The summed E-state index contributed by atoms with van der Waals surface area (Å²) in [6.07, 6.45) is 0. The van der Waals surface area contributed by atoms with Crippen molar-refractivity contribution in [1.82, 2.24) is 0 Å². The molecule has 1 rings (SSSR count). The Morgan fingerprint density at radius 2 is 1.81 bits per heavy atom. The van der Waals surface area contributed by atoms with Gasteiger partial charge in [-0.2, -0.15) is 0 Å². The molecule has 0 radical (unpaired) electrons. The molecule has 16 heavy (non-hydrogen) atoms. The van der Waals surface area contributed by atoms with Crippen molar-refractivity contribution in [3.8, 4) is 5.75 Å². The quantitative estimate of drug-likeness (QED) is 0.526. The van der Waals surface area contributed by atoms with Gasteiger partial charge < -0.3 is 9.66 Å². The second kappa shape index (κ2) is 5.51. The minimum absolute atomic E-state index is 0. The maximum atomic E-state index is 10.9. The molecule has 0 fully saturated rings.